The summed E-state index contributed by atoms with van der Waals surface area (Å²) in [6.45, 7) is 0.842. The third kappa shape index (κ3) is 3.77. The Bertz CT molecular complexity index is 1210. The molecule has 3 heterocycles. The van der Waals surface area contributed by atoms with Gasteiger partial charge in [0.05, 0.1) is 5.39 Å². The largest absolute Gasteiger partial charge is 0.486 e. The minimum absolute atomic E-state index is 0.170. The Kier molecular flexibility index (Phi) is 4.90. The Labute approximate surface area is 176 Å². The van der Waals surface area contributed by atoms with E-state index in [9.17, 15) is 4.79 Å². The molecular weight excluding hydrogens is 402 g/mol. The Hall–Kier alpha value is -3.65. The van der Waals surface area contributed by atoms with Gasteiger partial charge in [0.15, 0.2) is 18.1 Å². The number of carbonyl (C=O) groups excluding carboxylic acids is 1. The molecule has 1 aliphatic rings. The van der Waals surface area contributed by atoms with Crippen LogP contribution in [-0.4, -0.2) is 35.7 Å². The first-order valence-corrected chi connectivity index (χ1v) is 10.2. The number of thiophene rings is 1. The summed E-state index contributed by atoms with van der Waals surface area (Å²) in [5.74, 6) is 1.38. The topological polar surface area (TPSA) is 82.6 Å². The second-order valence-corrected chi connectivity index (χ2v) is 7.60. The van der Waals surface area contributed by atoms with Gasteiger partial charge in [0.1, 0.15) is 24.4 Å². The zero-order valence-electron chi connectivity index (χ0n) is 15.8. The second-order valence-electron chi connectivity index (χ2n) is 6.57. The van der Waals surface area contributed by atoms with Crippen molar-refractivity contribution in [2.75, 3.05) is 25.1 Å². The van der Waals surface area contributed by atoms with Crippen molar-refractivity contribution in [2.24, 2.45) is 0 Å². The number of nitrogens with one attached hydrogen (secondary N) is 1. The number of ether oxygens (including phenoxy) is 3. The van der Waals surface area contributed by atoms with E-state index in [0.29, 0.717) is 36.3 Å². The lowest BCUT2D eigenvalue weighted by molar-refractivity contribution is -0.118. The van der Waals surface area contributed by atoms with Crippen molar-refractivity contribution >= 4 is 33.1 Å². The van der Waals surface area contributed by atoms with Gasteiger partial charge in [-0.3, -0.25) is 4.79 Å². The molecule has 0 fully saturated rings. The van der Waals surface area contributed by atoms with Gasteiger partial charge in [-0.2, -0.15) is 0 Å². The van der Waals surface area contributed by atoms with Crippen LogP contribution in [0.25, 0.3) is 20.7 Å². The molecule has 0 saturated carbocycles. The maximum Gasteiger partial charge on any atom is 0.262 e. The molecule has 0 atom stereocenters. The van der Waals surface area contributed by atoms with Crippen LogP contribution in [0.1, 0.15) is 0 Å². The van der Waals surface area contributed by atoms with Crippen LogP contribution < -0.4 is 19.5 Å². The van der Waals surface area contributed by atoms with Gasteiger partial charge in [-0.1, -0.05) is 30.3 Å². The molecule has 7 nitrogen and oxygen atoms in total. The number of fused-ring (bicyclic) bond motifs is 2. The number of aromatic nitrogens is 2. The third-order valence-corrected chi connectivity index (χ3v) is 5.61. The first kappa shape index (κ1) is 18.4. The third-order valence-electron chi connectivity index (χ3n) is 4.52. The van der Waals surface area contributed by atoms with Gasteiger partial charge in [-0.15, -0.1) is 11.3 Å². The Balaban J connectivity index is 1.29. The average Bonchev–Trinajstić information content (AvgIpc) is 3.23. The highest BCUT2D eigenvalue weighted by molar-refractivity contribution is 7.21. The fourth-order valence-corrected chi connectivity index (χ4v) is 4.14. The number of anilines is 1. The normalized spacial score (nSPS) is 12.5. The lowest BCUT2D eigenvalue weighted by Crippen LogP contribution is -2.21. The summed E-state index contributed by atoms with van der Waals surface area (Å²) < 4.78 is 16.7. The Morgan fingerprint density at radius 1 is 1.03 bits per heavy atom. The first-order valence-electron chi connectivity index (χ1n) is 9.38. The molecule has 5 rings (SSSR count). The summed E-state index contributed by atoms with van der Waals surface area (Å²) in [5, 5.41) is 3.59. The maximum absolute atomic E-state index is 12.4. The monoisotopic (exact) mass is 419 g/mol. The molecule has 0 unspecified atom stereocenters. The highest BCUT2D eigenvalue weighted by Gasteiger charge is 2.15. The van der Waals surface area contributed by atoms with Crippen LogP contribution in [0, 0.1) is 0 Å². The minimum Gasteiger partial charge on any atom is -0.486 e. The van der Waals surface area contributed by atoms with Crippen LogP contribution in [0.4, 0.5) is 5.69 Å². The predicted octanol–water partition coefficient (Wildman–Crippen LogP) is 4.15. The number of benzene rings is 2. The van der Waals surface area contributed by atoms with E-state index in [1.807, 2.05) is 36.4 Å². The van der Waals surface area contributed by atoms with E-state index in [2.05, 4.69) is 15.3 Å². The van der Waals surface area contributed by atoms with Gasteiger partial charge in [-0.25, -0.2) is 9.97 Å². The molecule has 0 spiro atoms. The maximum atomic E-state index is 12.4. The summed E-state index contributed by atoms with van der Waals surface area (Å²) in [5.41, 5.74) is 1.71. The van der Waals surface area contributed by atoms with Crippen LogP contribution in [-0.2, 0) is 4.79 Å². The van der Waals surface area contributed by atoms with Crippen LogP contribution in [0.15, 0.2) is 60.9 Å². The van der Waals surface area contributed by atoms with Gasteiger partial charge in [-0.05, 0) is 23.8 Å². The summed E-state index contributed by atoms with van der Waals surface area (Å²) >= 11 is 1.56. The SMILES string of the molecule is O=C(COc1ncnc2sc(-c3ccccc3)cc12)Nc1ccc2c(c1)OCCO2. The quantitative estimate of drug-likeness (QED) is 0.523. The number of nitrogens with zero attached hydrogens (tertiary/aromatic N) is 2. The van der Waals surface area contributed by atoms with E-state index in [1.54, 1.807) is 29.5 Å². The fraction of sp³-hybridized carbons (Fsp3) is 0.136. The molecule has 2 aromatic heterocycles. The van der Waals surface area contributed by atoms with Gasteiger partial charge in [0, 0.05) is 16.6 Å². The van der Waals surface area contributed by atoms with Crippen molar-refractivity contribution in [1.29, 1.82) is 0 Å². The number of carbonyl (C=O) groups is 1. The molecular formula is C22H17N3O4S. The summed E-state index contributed by atoms with van der Waals surface area (Å²) in [6.07, 6.45) is 1.45. The van der Waals surface area contributed by atoms with Crippen molar-refractivity contribution in [3.8, 4) is 27.8 Å². The summed E-state index contributed by atoms with van der Waals surface area (Å²) in [6, 6.07) is 17.3. The zero-order valence-corrected chi connectivity index (χ0v) is 16.6. The van der Waals surface area contributed by atoms with Gasteiger partial charge < -0.3 is 19.5 Å². The molecule has 0 bridgehead atoms. The van der Waals surface area contributed by atoms with Gasteiger partial charge in [0.2, 0.25) is 5.88 Å². The Morgan fingerprint density at radius 2 is 1.87 bits per heavy atom. The number of amides is 1. The van der Waals surface area contributed by atoms with Crippen molar-refractivity contribution in [1.82, 2.24) is 9.97 Å². The molecule has 150 valence electrons. The molecule has 30 heavy (non-hydrogen) atoms. The van der Waals surface area contributed by atoms with E-state index >= 15 is 0 Å². The lowest BCUT2D eigenvalue weighted by atomic mass is 10.2. The molecule has 4 aromatic rings. The van der Waals surface area contributed by atoms with Crippen LogP contribution in [0.2, 0.25) is 0 Å². The first-order chi connectivity index (χ1) is 14.8. The molecule has 1 aliphatic heterocycles. The Morgan fingerprint density at radius 3 is 2.73 bits per heavy atom. The van der Waals surface area contributed by atoms with E-state index in [4.69, 9.17) is 14.2 Å². The molecule has 0 aliphatic carbocycles. The van der Waals surface area contributed by atoms with Crippen molar-refractivity contribution < 1.29 is 19.0 Å². The molecule has 0 saturated heterocycles. The van der Waals surface area contributed by atoms with Crippen LogP contribution >= 0.6 is 11.3 Å². The molecule has 8 heteroatoms. The van der Waals surface area contributed by atoms with E-state index in [-0.39, 0.29) is 12.5 Å². The van der Waals surface area contributed by atoms with E-state index in [0.717, 1.165) is 20.7 Å². The van der Waals surface area contributed by atoms with Crippen molar-refractivity contribution in [3.05, 3.63) is 60.9 Å². The highest BCUT2D eigenvalue weighted by atomic mass is 32.1. The second kappa shape index (κ2) is 8.00. The summed E-state index contributed by atoms with van der Waals surface area (Å²) in [7, 11) is 0. The summed E-state index contributed by atoms with van der Waals surface area (Å²) in [4.78, 5) is 22.8. The minimum atomic E-state index is -0.294. The van der Waals surface area contributed by atoms with Crippen LogP contribution in [0.5, 0.6) is 17.4 Å². The molecule has 1 N–H and O–H groups in total. The van der Waals surface area contributed by atoms with Crippen molar-refractivity contribution in [2.45, 2.75) is 0 Å². The number of rotatable bonds is 5. The van der Waals surface area contributed by atoms with Gasteiger partial charge in [0.25, 0.3) is 5.91 Å². The number of hydrogen-bond donors (Lipinski definition) is 1. The van der Waals surface area contributed by atoms with E-state index in [1.165, 1.54) is 6.33 Å². The predicted molar refractivity (Wildman–Crippen MR) is 114 cm³/mol. The van der Waals surface area contributed by atoms with Gasteiger partial charge >= 0.3 is 0 Å². The highest BCUT2D eigenvalue weighted by Crippen LogP contribution is 2.36. The standard InChI is InChI=1S/C22H17N3O4S/c26-20(25-15-6-7-17-18(10-15)28-9-8-27-17)12-29-21-16-11-19(14-4-2-1-3-5-14)30-22(16)24-13-23-21/h1-7,10-11,13H,8-9,12H2,(H,25,26). The average molecular weight is 419 g/mol. The zero-order chi connectivity index (χ0) is 20.3. The smallest absolute Gasteiger partial charge is 0.262 e. The van der Waals surface area contributed by atoms with Crippen LogP contribution in [0.3, 0.4) is 0 Å². The fourth-order valence-electron chi connectivity index (χ4n) is 3.15. The van der Waals surface area contributed by atoms with E-state index < -0.39 is 0 Å². The molecule has 0 radical (unpaired) electrons. The molecule has 1 amide bonds. The number of hydrogen-bond acceptors (Lipinski definition) is 7. The van der Waals surface area contributed by atoms with Crippen molar-refractivity contribution in [3.63, 3.8) is 0 Å². The lowest BCUT2D eigenvalue weighted by Gasteiger charge is -2.19. The molecule has 2 aromatic carbocycles.